The van der Waals surface area contributed by atoms with Gasteiger partial charge in [-0.1, -0.05) is 12.1 Å². The molecule has 1 heterocycles. The van der Waals surface area contributed by atoms with E-state index in [1.807, 2.05) is 6.07 Å². The minimum Gasteiger partial charge on any atom is -0.406 e. The first-order valence-corrected chi connectivity index (χ1v) is 8.57. The molecule has 3 aromatic rings. The highest BCUT2D eigenvalue weighted by Crippen LogP contribution is 2.38. The van der Waals surface area contributed by atoms with Crippen molar-refractivity contribution in [1.29, 1.82) is 0 Å². The van der Waals surface area contributed by atoms with Crippen molar-refractivity contribution >= 4 is 11.6 Å². The third kappa shape index (κ3) is 4.30. The second kappa shape index (κ2) is 6.99. The summed E-state index contributed by atoms with van der Waals surface area (Å²) in [5.74, 6) is 1.03. The summed E-state index contributed by atoms with van der Waals surface area (Å²) in [5.41, 5.74) is 1.47. The van der Waals surface area contributed by atoms with E-state index in [-0.39, 0.29) is 11.3 Å². The van der Waals surface area contributed by atoms with Gasteiger partial charge >= 0.3 is 6.36 Å². The molecule has 1 aromatic heterocycles. The van der Waals surface area contributed by atoms with Crippen LogP contribution in [0.25, 0.3) is 11.4 Å². The summed E-state index contributed by atoms with van der Waals surface area (Å²) in [6, 6.07) is 11.7. The number of aromatic amines is 1. The first kappa shape index (κ1) is 18.0. The Balaban J connectivity index is 1.45. The van der Waals surface area contributed by atoms with Crippen LogP contribution >= 0.6 is 0 Å². The van der Waals surface area contributed by atoms with E-state index in [4.69, 9.17) is 0 Å². The number of hydrogen-bond donors (Lipinski definition) is 2. The Bertz CT molecular complexity index is 995. The van der Waals surface area contributed by atoms with Crippen molar-refractivity contribution in [2.45, 2.75) is 25.1 Å². The molecule has 28 heavy (non-hydrogen) atoms. The maximum atomic E-state index is 12.3. The van der Waals surface area contributed by atoms with E-state index in [1.54, 1.807) is 18.2 Å². The Labute approximate surface area is 157 Å². The predicted molar refractivity (Wildman–Crippen MR) is 94.9 cm³/mol. The fourth-order valence-electron chi connectivity index (χ4n) is 2.69. The molecule has 1 aliphatic rings. The van der Waals surface area contributed by atoms with Crippen LogP contribution in [-0.4, -0.2) is 27.5 Å². The van der Waals surface area contributed by atoms with Gasteiger partial charge in [0.05, 0.1) is 0 Å². The van der Waals surface area contributed by atoms with Crippen molar-refractivity contribution in [3.8, 4) is 17.1 Å². The smallest absolute Gasteiger partial charge is 0.406 e. The first-order chi connectivity index (χ1) is 13.4. The standard InChI is InChI=1S/C19H15F3N4O2/c20-19(21,22)28-15-8-6-12(7-9-15)18(27)23-14-3-1-2-13(10-14)17-24-16(25-26-17)11-4-5-11/h1-3,6-11H,4-5H2,(H,23,27)(H,24,25,26). The second-order valence-corrected chi connectivity index (χ2v) is 6.43. The van der Waals surface area contributed by atoms with Gasteiger partial charge in [-0.3, -0.25) is 9.89 Å². The van der Waals surface area contributed by atoms with E-state index in [9.17, 15) is 18.0 Å². The molecular formula is C19H15F3N4O2. The van der Waals surface area contributed by atoms with Gasteiger partial charge < -0.3 is 10.1 Å². The average Bonchev–Trinajstić information content (AvgIpc) is 3.38. The van der Waals surface area contributed by atoms with Crippen LogP contribution in [-0.2, 0) is 0 Å². The van der Waals surface area contributed by atoms with Gasteiger partial charge in [0.15, 0.2) is 5.82 Å². The quantitative estimate of drug-likeness (QED) is 0.674. The van der Waals surface area contributed by atoms with E-state index >= 15 is 0 Å². The largest absolute Gasteiger partial charge is 0.573 e. The van der Waals surface area contributed by atoms with Gasteiger partial charge in [0.1, 0.15) is 11.6 Å². The van der Waals surface area contributed by atoms with Gasteiger partial charge in [-0.25, -0.2) is 4.98 Å². The highest BCUT2D eigenvalue weighted by Gasteiger charge is 2.31. The molecule has 9 heteroatoms. The molecule has 6 nitrogen and oxygen atoms in total. The average molecular weight is 388 g/mol. The third-order valence-electron chi connectivity index (χ3n) is 4.20. The molecule has 0 atom stereocenters. The fourth-order valence-corrected chi connectivity index (χ4v) is 2.69. The lowest BCUT2D eigenvalue weighted by Gasteiger charge is -2.10. The monoisotopic (exact) mass is 388 g/mol. The molecule has 0 aliphatic heterocycles. The van der Waals surface area contributed by atoms with Crippen LogP contribution in [0.2, 0.25) is 0 Å². The minimum absolute atomic E-state index is 0.203. The summed E-state index contributed by atoms with van der Waals surface area (Å²) in [6.45, 7) is 0. The lowest BCUT2D eigenvalue weighted by atomic mass is 10.1. The number of hydrogen-bond acceptors (Lipinski definition) is 4. The van der Waals surface area contributed by atoms with Crippen LogP contribution in [0.4, 0.5) is 18.9 Å². The van der Waals surface area contributed by atoms with Gasteiger partial charge in [0, 0.05) is 22.7 Å². The summed E-state index contributed by atoms with van der Waals surface area (Å²) in [4.78, 5) is 16.8. The molecule has 1 saturated carbocycles. The molecule has 1 aliphatic carbocycles. The molecule has 0 spiro atoms. The van der Waals surface area contributed by atoms with Gasteiger partial charge in [-0.2, -0.15) is 5.10 Å². The summed E-state index contributed by atoms with van der Waals surface area (Å²) in [7, 11) is 0. The Hall–Kier alpha value is -3.36. The highest BCUT2D eigenvalue weighted by atomic mass is 19.4. The normalized spacial score (nSPS) is 14.0. The number of nitrogens with zero attached hydrogens (tertiary/aromatic N) is 2. The molecule has 0 saturated heterocycles. The van der Waals surface area contributed by atoms with Gasteiger partial charge in [0.2, 0.25) is 0 Å². The zero-order valence-corrected chi connectivity index (χ0v) is 14.5. The zero-order chi connectivity index (χ0) is 19.7. The molecule has 4 rings (SSSR count). The molecule has 0 unspecified atom stereocenters. The van der Waals surface area contributed by atoms with E-state index in [1.165, 1.54) is 12.1 Å². The maximum absolute atomic E-state index is 12.3. The fraction of sp³-hybridized carbons (Fsp3) is 0.211. The number of amides is 1. The number of carbonyl (C=O) groups is 1. The van der Waals surface area contributed by atoms with Crippen molar-refractivity contribution in [2.75, 3.05) is 5.32 Å². The topological polar surface area (TPSA) is 79.9 Å². The zero-order valence-electron chi connectivity index (χ0n) is 14.5. The number of halogens is 3. The number of rotatable bonds is 5. The highest BCUT2D eigenvalue weighted by molar-refractivity contribution is 6.04. The molecule has 144 valence electrons. The number of carbonyl (C=O) groups excluding carboxylic acids is 1. The van der Waals surface area contributed by atoms with Gasteiger partial charge in [-0.05, 0) is 49.2 Å². The second-order valence-electron chi connectivity index (χ2n) is 6.43. The van der Waals surface area contributed by atoms with E-state index in [0.29, 0.717) is 17.4 Å². The number of anilines is 1. The van der Waals surface area contributed by atoms with Crippen molar-refractivity contribution < 1.29 is 22.7 Å². The maximum Gasteiger partial charge on any atom is 0.573 e. The van der Waals surface area contributed by atoms with Gasteiger partial charge in [-0.15, -0.1) is 13.2 Å². The Morgan fingerprint density at radius 2 is 1.89 bits per heavy atom. The number of aromatic nitrogens is 3. The Kier molecular flexibility index (Phi) is 4.50. The van der Waals surface area contributed by atoms with E-state index in [0.717, 1.165) is 36.4 Å². The van der Waals surface area contributed by atoms with Crippen LogP contribution in [0.5, 0.6) is 5.75 Å². The van der Waals surface area contributed by atoms with Crippen molar-refractivity contribution in [2.24, 2.45) is 0 Å². The van der Waals surface area contributed by atoms with Crippen LogP contribution in [0.3, 0.4) is 0 Å². The number of benzene rings is 2. The van der Waals surface area contributed by atoms with Gasteiger partial charge in [0.25, 0.3) is 5.91 Å². The van der Waals surface area contributed by atoms with Crippen molar-refractivity contribution in [3.05, 3.63) is 59.9 Å². The van der Waals surface area contributed by atoms with Crippen molar-refractivity contribution in [3.63, 3.8) is 0 Å². The van der Waals surface area contributed by atoms with E-state index < -0.39 is 12.3 Å². The van der Waals surface area contributed by atoms with Crippen LogP contribution in [0, 0.1) is 0 Å². The van der Waals surface area contributed by atoms with Crippen LogP contribution in [0.1, 0.15) is 34.9 Å². The third-order valence-corrected chi connectivity index (χ3v) is 4.20. The molecular weight excluding hydrogens is 373 g/mol. The Morgan fingerprint density at radius 1 is 1.14 bits per heavy atom. The number of ether oxygens (including phenoxy) is 1. The molecule has 0 radical (unpaired) electrons. The molecule has 0 bridgehead atoms. The SMILES string of the molecule is O=C(Nc1cccc(-c2n[nH]c(C3CC3)n2)c1)c1ccc(OC(F)(F)F)cc1. The van der Waals surface area contributed by atoms with Crippen LogP contribution < -0.4 is 10.1 Å². The molecule has 2 N–H and O–H groups in total. The lowest BCUT2D eigenvalue weighted by molar-refractivity contribution is -0.274. The van der Waals surface area contributed by atoms with Crippen LogP contribution in [0.15, 0.2) is 48.5 Å². The summed E-state index contributed by atoms with van der Waals surface area (Å²) in [6.07, 6.45) is -2.56. The summed E-state index contributed by atoms with van der Waals surface area (Å²) >= 11 is 0. The predicted octanol–water partition coefficient (Wildman–Crippen LogP) is 4.50. The first-order valence-electron chi connectivity index (χ1n) is 8.57. The number of H-pyrrole nitrogens is 1. The van der Waals surface area contributed by atoms with Crippen molar-refractivity contribution in [1.82, 2.24) is 15.2 Å². The molecule has 1 fully saturated rings. The number of alkyl halides is 3. The summed E-state index contributed by atoms with van der Waals surface area (Å²) < 4.78 is 40.4. The number of nitrogens with one attached hydrogen (secondary N) is 2. The Morgan fingerprint density at radius 3 is 2.57 bits per heavy atom. The summed E-state index contributed by atoms with van der Waals surface area (Å²) in [5, 5.41) is 9.85. The molecule has 1 amide bonds. The van der Waals surface area contributed by atoms with E-state index in [2.05, 4.69) is 25.2 Å². The lowest BCUT2D eigenvalue weighted by Crippen LogP contribution is -2.17. The molecule has 2 aromatic carbocycles. The minimum atomic E-state index is -4.77.